The third kappa shape index (κ3) is 5.22. The Bertz CT molecular complexity index is 744. The molecule has 0 N–H and O–H groups in total. The fourth-order valence-electron chi connectivity index (χ4n) is 4.51. The number of aromatic nitrogens is 1. The molecular weight excluding hydrogens is 384 g/mol. The molecule has 0 spiro atoms. The number of rotatable bonds is 5. The van der Waals surface area contributed by atoms with Crippen molar-refractivity contribution < 1.29 is 19.1 Å². The fraction of sp³-hybridized carbons (Fsp3) is 0.682. The number of morpholine rings is 1. The van der Waals surface area contributed by atoms with Gasteiger partial charge in [-0.3, -0.25) is 4.79 Å². The Morgan fingerprint density at radius 2 is 1.90 bits per heavy atom. The van der Waals surface area contributed by atoms with Gasteiger partial charge in [0.1, 0.15) is 0 Å². The summed E-state index contributed by atoms with van der Waals surface area (Å²) in [5.41, 5.74) is 1.11. The molecule has 1 aromatic rings. The van der Waals surface area contributed by atoms with E-state index in [9.17, 15) is 9.59 Å². The van der Waals surface area contributed by atoms with Crippen LogP contribution in [0.1, 0.15) is 24.8 Å². The average Bonchev–Trinajstić information content (AvgIpc) is 3.12. The largest absolute Gasteiger partial charge is 0.477 e. The van der Waals surface area contributed by atoms with E-state index in [-0.39, 0.29) is 17.9 Å². The molecule has 1 aromatic heterocycles. The van der Waals surface area contributed by atoms with E-state index < -0.39 is 0 Å². The molecule has 1 atom stereocenters. The molecule has 3 saturated heterocycles. The van der Waals surface area contributed by atoms with Crippen molar-refractivity contribution >= 4 is 11.9 Å². The summed E-state index contributed by atoms with van der Waals surface area (Å²) in [7, 11) is 0. The molecule has 0 aromatic carbocycles. The number of likely N-dealkylation sites (tertiary alicyclic amines) is 2. The third-order valence-corrected chi connectivity index (χ3v) is 6.30. The lowest BCUT2D eigenvalue weighted by Gasteiger charge is -2.37. The van der Waals surface area contributed by atoms with Crippen LogP contribution < -0.4 is 4.74 Å². The first-order valence-electron chi connectivity index (χ1n) is 11.0. The van der Waals surface area contributed by atoms with Gasteiger partial charge in [-0.25, -0.2) is 9.78 Å². The number of amides is 3. The normalized spacial score (nSPS) is 23.2. The Labute approximate surface area is 178 Å². The summed E-state index contributed by atoms with van der Waals surface area (Å²) in [6, 6.07) is 3.99. The molecule has 8 heteroatoms. The second kappa shape index (κ2) is 9.64. The van der Waals surface area contributed by atoms with Gasteiger partial charge in [-0.1, -0.05) is 0 Å². The summed E-state index contributed by atoms with van der Waals surface area (Å²) in [5.74, 6) is 1.51. The highest BCUT2D eigenvalue weighted by molar-refractivity contribution is 5.78. The maximum absolute atomic E-state index is 12.6. The Morgan fingerprint density at radius 3 is 2.63 bits per heavy atom. The van der Waals surface area contributed by atoms with Gasteiger partial charge in [-0.05, 0) is 37.3 Å². The highest BCUT2D eigenvalue weighted by Crippen LogP contribution is 2.25. The predicted molar refractivity (Wildman–Crippen MR) is 111 cm³/mol. The summed E-state index contributed by atoms with van der Waals surface area (Å²) in [5, 5.41) is 0. The van der Waals surface area contributed by atoms with Crippen LogP contribution in [-0.2, 0) is 9.53 Å². The van der Waals surface area contributed by atoms with Crippen LogP contribution in [0.5, 0.6) is 5.88 Å². The number of piperidine rings is 1. The van der Waals surface area contributed by atoms with E-state index in [4.69, 9.17) is 9.47 Å². The van der Waals surface area contributed by atoms with Crippen LogP contribution in [-0.4, -0.2) is 90.7 Å². The van der Waals surface area contributed by atoms with Gasteiger partial charge in [0.05, 0.1) is 19.8 Å². The van der Waals surface area contributed by atoms with Crippen LogP contribution in [0.15, 0.2) is 18.3 Å². The van der Waals surface area contributed by atoms with E-state index >= 15 is 0 Å². The van der Waals surface area contributed by atoms with Gasteiger partial charge in [-0.15, -0.1) is 0 Å². The Balaban J connectivity index is 1.19. The minimum atomic E-state index is 0.135. The highest BCUT2D eigenvalue weighted by atomic mass is 16.5. The predicted octanol–water partition coefficient (Wildman–Crippen LogP) is 1.78. The van der Waals surface area contributed by atoms with Crippen molar-refractivity contribution in [2.45, 2.75) is 26.2 Å². The lowest BCUT2D eigenvalue weighted by molar-refractivity contribution is -0.128. The minimum absolute atomic E-state index is 0.135. The van der Waals surface area contributed by atoms with Crippen LogP contribution in [0, 0.1) is 18.8 Å². The van der Waals surface area contributed by atoms with Gasteiger partial charge < -0.3 is 24.2 Å². The van der Waals surface area contributed by atoms with Crippen molar-refractivity contribution in [3.05, 3.63) is 23.9 Å². The molecule has 0 aliphatic carbocycles. The molecule has 4 heterocycles. The van der Waals surface area contributed by atoms with Gasteiger partial charge in [0.15, 0.2) is 0 Å². The number of hydrogen-bond acceptors (Lipinski definition) is 5. The summed E-state index contributed by atoms with van der Waals surface area (Å²) in [4.78, 5) is 35.2. The van der Waals surface area contributed by atoms with E-state index in [1.54, 1.807) is 6.20 Å². The van der Waals surface area contributed by atoms with Crippen molar-refractivity contribution in [3.63, 3.8) is 0 Å². The zero-order valence-electron chi connectivity index (χ0n) is 17.8. The Hall–Kier alpha value is -2.35. The molecule has 1 unspecified atom stereocenters. The van der Waals surface area contributed by atoms with E-state index in [1.807, 2.05) is 33.8 Å². The number of nitrogens with zero attached hydrogens (tertiary/aromatic N) is 4. The summed E-state index contributed by atoms with van der Waals surface area (Å²) < 4.78 is 11.1. The molecule has 3 aliphatic rings. The van der Waals surface area contributed by atoms with E-state index in [1.165, 1.54) is 0 Å². The molecule has 4 rings (SSSR count). The van der Waals surface area contributed by atoms with E-state index in [2.05, 4.69) is 4.98 Å². The molecule has 3 fully saturated rings. The summed E-state index contributed by atoms with van der Waals surface area (Å²) >= 11 is 0. The van der Waals surface area contributed by atoms with E-state index in [0.717, 1.165) is 44.6 Å². The molecule has 3 amide bonds. The topological polar surface area (TPSA) is 75.2 Å². The van der Waals surface area contributed by atoms with Gasteiger partial charge in [-0.2, -0.15) is 0 Å². The number of urea groups is 1. The number of hydrogen-bond donors (Lipinski definition) is 0. The molecule has 30 heavy (non-hydrogen) atoms. The standard InChI is InChI=1S/C22H32N4O4/c1-17-2-5-23-20(12-17)30-16-19-13-21(27)26(15-19)14-18-3-6-24(7-4-18)22(28)25-8-10-29-11-9-25/h2,5,12,18-19H,3-4,6-11,13-16H2,1H3. The van der Waals surface area contributed by atoms with Crippen molar-refractivity contribution in [2.75, 3.05) is 59.1 Å². The van der Waals surface area contributed by atoms with Gasteiger partial charge in [0, 0.05) is 63.9 Å². The zero-order valence-corrected chi connectivity index (χ0v) is 17.8. The van der Waals surface area contributed by atoms with Gasteiger partial charge in [0.2, 0.25) is 11.8 Å². The summed E-state index contributed by atoms with van der Waals surface area (Å²) in [6.45, 7) is 8.23. The van der Waals surface area contributed by atoms with Crippen molar-refractivity contribution in [1.29, 1.82) is 0 Å². The molecule has 164 valence electrons. The first-order valence-corrected chi connectivity index (χ1v) is 11.0. The molecule has 0 bridgehead atoms. The fourth-order valence-corrected chi connectivity index (χ4v) is 4.51. The second-order valence-electron chi connectivity index (χ2n) is 8.66. The summed E-state index contributed by atoms with van der Waals surface area (Å²) in [6.07, 6.45) is 4.19. The molecule has 0 saturated carbocycles. The first kappa shape index (κ1) is 20.9. The third-order valence-electron chi connectivity index (χ3n) is 6.30. The molecule has 3 aliphatic heterocycles. The highest BCUT2D eigenvalue weighted by Gasteiger charge is 2.33. The molecule has 0 radical (unpaired) electrons. The SMILES string of the molecule is Cc1ccnc(OCC2CC(=O)N(CC3CCN(C(=O)N4CCOCC4)CC3)C2)c1. The maximum Gasteiger partial charge on any atom is 0.320 e. The zero-order chi connectivity index (χ0) is 20.9. The van der Waals surface area contributed by atoms with Gasteiger partial charge in [0.25, 0.3) is 0 Å². The van der Waals surface area contributed by atoms with Crippen LogP contribution in [0.2, 0.25) is 0 Å². The smallest absolute Gasteiger partial charge is 0.320 e. The average molecular weight is 417 g/mol. The van der Waals surface area contributed by atoms with Gasteiger partial charge >= 0.3 is 6.03 Å². The maximum atomic E-state index is 12.6. The monoisotopic (exact) mass is 416 g/mol. The number of carbonyl (C=O) groups is 2. The Morgan fingerprint density at radius 1 is 1.17 bits per heavy atom. The van der Waals surface area contributed by atoms with Crippen LogP contribution in [0.3, 0.4) is 0 Å². The van der Waals surface area contributed by atoms with Crippen LogP contribution in [0.25, 0.3) is 0 Å². The number of aryl methyl sites for hydroxylation is 1. The van der Waals surface area contributed by atoms with Crippen molar-refractivity contribution in [2.24, 2.45) is 11.8 Å². The van der Waals surface area contributed by atoms with Crippen molar-refractivity contribution in [3.8, 4) is 5.88 Å². The number of pyridine rings is 1. The number of carbonyl (C=O) groups excluding carboxylic acids is 2. The van der Waals surface area contributed by atoms with Crippen molar-refractivity contribution in [1.82, 2.24) is 19.7 Å². The lowest BCUT2D eigenvalue weighted by atomic mass is 9.96. The van der Waals surface area contributed by atoms with Crippen LogP contribution >= 0.6 is 0 Å². The molecule has 8 nitrogen and oxygen atoms in total. The second-order valence-corrected chi connectivity index (χ2v) is 8.66. The quantitative estimate of drug-likeness (QED) is 0.732. The Kier molecular flexibility index (Phi) is 6.72. The first-order chi connectivity index (χ1) is 14.6. The lowest BCUT2D eigenvalue weighted by Crippen LogP contribution is -2.51. The number of ether oxygens (including phenoxy) is 2. The van der Waals surface area contributed by atoms with Crippen LogP contribution in [0.4, 0.5) is 4.79 Å². The minimum Gasteiger partial charge on any atom is -0.477 e. The van der Waals surface area contributed by atoms with E-state index in [0.29, 0.717) is 51.1 Å². The molecular formula is C22H32N4O4.